The molecule has 0 aliphatic carbocycles. The third-order valence-corrected chi connectivity index (χ3v) is 2.19. The van der Waals surface area contributed by atoms with Crippen molar-refractivity contribution in [2.45, 2.75) is 13.8 Å². The zero-order valence-electron chi connectivity index (χ0n) is 8.04. The van der Waals surface area contributed by atoms with Crippen LogP contribution in [-0.2, 0) is 0 Å². The number of likely N-dealkylation sites (N-methyl/N-ethyl adjacent to an activating group) is 2. The van der Waals surface area contributed by atoms with E-state index in [0.29, 0.717) is 26.2 Å². The summed E-state index contributed by atoms with van der Waals surface area (Å²) in [5.41, 5.74) is 0. The van der Waals surface area contributed by atoms with Gasteiger partial charge in [-0.05, 0) is 13.8 Å². The van der Waals surface area contributed by atoms with E-state index in [9.17, 15) is 9.59 Å². The molecule has 1 saturated heterocycles. The van der Waals surface area contributed by atoms with Crippen molar-refractivity contribution in [1.29, 1.82) is 0 Å². The molecule has 5 nitrogen and oxygen atoms in total. The lowest BCUT2D eigenvalue weighted by Crippen LogP contribution is -2.42. The van der Waals surface area contributed by atoms with Gasteiger partial charge < -0.3 is 9.80 Å². The summed E-state index contributed by atoms with van der Waals surface area (Å²) in [6, 6.07) is -0.577. The van der Waals surface area contributed by atoms with E-state index in [2.05, 4.69) is 5.32 Å². The summed E-state index contributed by atoms with van der Waals surface area (Å²) in [6.45, 7) is 6.29. The van der Waals surface area contributed by atoms with Gasteiger partial charge in [-0.3, -0.25) is 5.32 Å². The summed E-state index contributed by atoms with van der Waals surface area (Å²) in [5, 5.41) is 2.32. The lowest BCUT2D eigenvalue weighted by atomic mass is 10.5. The first-order chi connectivity index (χ1) is 6.19. The molecule has 4 amide bonds. The van der Waals surface area contributed by atoms with Gasteiger partial charge in [-0.1, -0.05) is 0 Å². The number of amides is 4. The zero-order chi connectivity index (χ0) is 9.84. The lowest BCUT2D eigenvalue weighted by molar-refractivity contribution is 0.203. The minimum atomic E-state index is -0.288. The number of imide groups is 1. The molecule has 1 aliphatic heterocycles. The van der Waals surface area contributed by atoms with Crippen molar-refractivity contribution < 1.29 is 9.59 Å². The number of nitrogens with zero attached hydrogens (tertiary/aromatic N) is 2. The van der Waals surface area contributed by atoms with Crippen LogP contribution >= 0.6 is 0 Å². The predicted octanol–water partition coefficient (Wildman–Crippen LogP) is 0.473. The molecule has 1 heterocycles. The summed E-state index contributed by atoms with van der Waals surface area (Å²) in [5.74, 6) is 0. The number of carbonyl (C=O) groups is 2. The number of hydrogen-bond donors (Lipinski definition) is 1. The Hall–Kier alpha value is -1.26. The van der Waals surface area contributed by atoms with Crippen molar-refractivity contribution >= 4 is 12.1 Å². The van der Waals surface area contributed by atoms with Crippen molar-refractivity contribution in [3.63, 3.8) is 0 Å². The normalized spacial score (nSPS) is 18.6. The molecule has 1 rings (SSSR count). The molecule has 0 bridgehead atoms. The molecule has 1 N–H and O–H groups in total. The Bertz CT molecular complexity index is 195. The van der Waals surface area contributed by atoms with Crippen LogP contribution in [0.4, 0.5) is 9.59 Å². The molecule has 0 saturated carbocycles. The highest BCUT2D eigenvalue weighted by Crippen LogP contribution is 1.99. The standard InChI is InChI=1S/C8H15N3O2/c1-3-10-5-6-11(4-2)8(13)9-7(10)12/h3-6H2,1-2H3,(H,9,12,13). The first-order valence-corrected chi connectivity index (χ1v) is 4.53. The van der Waals surface area contributed by atoms with E-state index in [1.165, 1.54) is 0 Å². The van der Waals surface area contributed by atoms with Gasteiger partial charge >= 0.3 is 12.1 Å². The van der Waals surface area contributed by atoms with Gasteiger partial charge in [-0.25, -0.2) is 9.59 Å². The van der Waals surface area contributed by atoms with Crippen LogP contribution in [-0.4, -0.2) is 48.0 Å². The molecular formula is C8H15N3O2. The molecule has 1 fully saturated rings. The van der Waals surface area contributed by atoms with E-state index >= 15 is 0 Å². The van der Waals surface area contributed by atoms with E-state index in [-0.39, 0.29) is 12.1 Å². The minimum Gasteiger partial charge on any atom is -0.323 e. The maximum Gasteiger partial charge on any atom is 0.325 e. The summed E-state index contributed by atoms with van der Waals surface area (Å²) in [4.78, 5) is 25.8. The quantitative estimate of drug-likeness (QED) is 0.680. The maximum atomic E-state index is 11.3. The maximum absolute atomic E-state index is 11.3. The van der Waals surface area contributed by atoms with Crippen molar-refractivity contribution in [3.8, 4) is 0 Å². The Morgan fingerprint density at radius 2 is 1.46 bits per heavy atom. The first-order valence-electron chi connectivity index (χ1n) is 4.53. The average Bonchev–Trinajstić information content (AvgIpc) is 2.24. The van der Waals surface area contributed by atoms with E-state index in [1.807, 2.05) is 13.8 Å². The SMILES string of the molecule is CCN1CCN(CC)C(=O)NC1=O. The van der Waals surface area contributed by atoms with Gasteiger partial charge in [-0.2, -0.15) is 0 Å². The molecule has 0 aromatic rings. The molecule has 0 spiro atoms. The average molecular weight is 185 g/mol. The molecule has 0 aromatic heterocycles. The van der Waals surface area contributed by atoms with Crippen molar-refractivity contribution in [2.24, 2.45) is 0 Å². The smallest absolute Gasteiger partial charge is 0.323 e. The van der Waals surface area contributed by atoms with E-state index < -0.39 is 0 Å². The predicted molar refractivity (Wildman–Crippen MR) is 48.4 cm³/mol. The van der Waals surface area contributed by atoms with Crippen LogP contribution in [0.25, 0.3) is 0 Å². The second-order valence-corrected chi connectivity index (χ2v) is 2.89. The topological polar surface area (TPSA) is 52.6 Å². The van der Waals surface area contributed by atoms with Crippen LogP contribution in [0.5, 0.6) is 0 Å². The van der Waals surface area contributed by atoms with E-state index in [1.54, 1.807) is 9.80 Å². The summed E-state index contributed by atoms with van der Waals surface area (Å²) in [7, 11) is 0. The van der Waals surface area contributed by atoms with Crippen LogP contribution in [0.1, 0.15) is 13.8 Å². The summed E-state index contributed by atoms with van der Waals surface area (Å²) in [6.07, 6.45) is 0. The van der Waals surface area contributed by atoms with E-state index in [0.717, 1.165) is 0 Å². The highest BCUT2D eigenvalue weighted by molar-refractivity contribution is 5.94. The Balaban J connectivity index is 2.66. The molecule has 0 radical (unpaired) electrons. The highest BCUT2D eigenvalue weighted by atomic mass is 16.2. The van der Waals surface area contributed by atoms with Crippen molar-refractivity contribution in [3.05, 3.63) is 0 Å². The number of nitrogens with one attached hydrogen (secondary N) is 1. The molecule has 5 heteroatoms. The largest absolute Gasteiger partial charge is 0.325 e. The Labute approximate surface area is 77.7 Å². The van der Waals surface area contributed by atoms with Gasteiger partial charge in [0.2, 0.25) is 0 Å². The Morgan fingerprint density at radius 3 is 1.77 bits per heavy atom. The lowest BCUT2D eigenvalue weighted by Gasteiger charge is -2.17. The first kappa shape index (κ1) is 9.83. The van der Waals surface area contributed by atoms with Gasteiger partial charge in [0.15, 0.2) is 0 Å². The number of rotatable bonds is 2. The van der Waals surface area contributed by atoms with Crippen molar-refractivity contribution in [2.75, 3.05) is 26.2 Å². The fraction of sp³-hybridized carbons (Fsp3) is 0.750. The van der Waals surface area contributed by atoms with Gasteiger partial charge in [0, 0.05) is 26.2 Å². The van der Waals surface area contributed by atoms with Crippen molar-refractivity contribution in [1.82, 2.24) is 15.1 Å². The third kappa shape index (κ3) is 2.11. The van der Waals surface area contributed by atoms with Crippen LogP contribution in [0.3, 0.4) is 0 Å². The molecule has 74 valence electrons. The minimum absolute atomic E-state index is 0.288. The molecule has 1 aliphatic rings. The number of carbonyl (C=O) groups excluding carboxylic acids is 2. The molecular weight excluding hydrogens is 170 g/mol. The number of hydrogen-bond acceptors (Lipinski definition) is 2. The zero-order valence-corrected chi connectivity index (χ0v) is 8.04. The van der Waals surface area contributed by atoms with E-state index in [4.69, 9.17) is 0 Å². The second-order valence-electron chi connectivity index (χ2n) is 2.89. The molecule has 0 atom stereocenters. The molecule has 13 heavy (non-hydrogen) atoms. The molecule has 0 aromatic carbocycles. The second kappa shape index (κ2) is 4.11. The van der Waals surface area contributed by atoms with Gasteiger partial charge in [0.05, 0.1) is 0 Å². The monoisotopic (exact) mass is 185 g/mol. The van der Waals surface area contributed by atoms with Crippen LogP contribution in [0, 0.1) is 0 Å². The Morgan fingerprint density at radius 1 is 1.08 bits per heavy atom. The van der Waals surface area contributed by atoms with Crippen LogP contribution < -0.4 is 5.32 Å². The summed E-state index contributed by atoms with van der Waals surface area (Å²) >= 11 is 0. The number of urea groups is 2. The fourth-order valence-corrected chi connectivity index (χ4v) is 1.30. The van der Waals surface area contributed by atoms with Gasteiger partial charge in [-0.15, -0.1) is 0 Å². The fourth-order valence-electron chi connectivity index (χ4n) is 1.30. The van der Waals surface area contributed by atoms with Crippen LogP contribution in [0.2, 0.25) is 0 Å². The molecule has 0 unspecified atom stereocenters. The van der Waals surface area contributed by atoms with Crippen LogP contribution in [0.15, 0.2) is 0 Å². The van der Waals surface area contributed by atoms with Gasteiger partial charge in [0.25, 0.3) is 0 Å². The third-order valence-electron chi connectivity index (χ3n) is 2.19. The highest BCUT2D eigenvalue weighted by Gasteiger charge is 2.23. The van der Waals surface area contributed by atoms with Gasteiger partial charge in [0.1, 0.15) is 0 Å². The Kier molecular flexibility index (Phi) is 3.11. The summed E-state index contributed by atoms with van der Waals surface area (Å²) < 4.78 is 0.